The summed E-state index contributed by atoms with van der Waals surface area (Å²) in [7, 11) is 0. The Bertz CT molecular complexity index is 1620. The van der Waals surface area contributed by atoms with E-state index in [1.807, 2.05) is 54.9 Å². The van der Waals surface area contributed by atoms with Crippen molar-refractivity contribution in [3.63, 3.8) is 0 Å². The van der Waals surface area contributed by atoms with Crippen molar-refractivity contribution < 1.29 is 60.3 Å². The van der Waals surface area contributed by atoms with Crippen LogP contribution in [0, 0.1) is 5.82 Å². The molecule has 0 unspecified atom stereocenters. The molecule has 0 aliphatic carbocycles. The molecule has 240 valence electrons. The van der Waals surface area contributed by atoms with Crippen molar-refractivity contribution in [1.82, 2.24) is 19.4 Å². The minimum Gasteiger partial charge on any atom is -1.00 e. The number of imidazole rings is 1. The van der Waals surface area contributed by atoms with Crippen LogP contribution in [0.3, 0.4) is 0 Å². The van der Waals surface area contributed by atoms with Crippen LogP contribution in [-0.2, 0) is 30.7 Å². The molecule has 0 radical (unpaired) electrons. The van der Waals surface area contributed by atoms with E-state index in [4.69, 9.17) is 10.1 Å². The monoisotopic (exact) mass is 640 g/mol. The minimum absolute atomic E-state index is 0. The van der Waals surface area contributed by atoms with Crippen LogP contribution >= 0.6 is 0 Å². The Kier molecular flexibility index (Phi) is 12.4. The summed E-state index contributed by atoms with van der Waals surface area (Å²) in [5.41, 5.74) is 5.04. The molecule has 4 aromatic rings. The maximum Gasteiger partial charge on any atom is 1.00 e. The largest absolute Gasteiger partial charge is 1.00 e. The number of aliphatic hydroxyl groups excluding tert-OH is 2. The molecule has 2 atom stereocenters. The number of halogens is 1. The fraction of sp³-hybridized carbons (Fsp3) is 0.400. The summed E-state index contributed by atoms with van der Waals surface area (Å²) < 4.78 is 18.2. The number of aliphatic carboxylic acids is 1. The Morgan fingerprint density at radius 2 is 1.70 bits per heavy atom. The molecule has 46 heavy (non-hydrogen) atoms. The normalized spacial score (nSPS) is 14.0. The van der Waals surface area contributed by atoms with E-state index in [-0.39, 0.29) is 68.1 Å². The topological polar surface area (TPSA) is 130 Å². The van der Waals surface area contributed by atoms with Crippen molar-refractivity contribution in [2.45, 2.75) is 90.1 Å². The fourth-order valence-electron chi connectivity index (χ4n) is 6.32. The zero-order valence-corrected chi connectivity index (χ0v) is 28.7. The van der Waals surface area contributed by atoms with Gasteiger partial charge in [0, 0.05) is 42.0 Å². The van der Waals surface area contributed by atoms with Crippen molar-refractivity contribution >= 4 is 11.9 Å². The van der Waals surface area contributed by atoms with Gasteiger partial charge in [-0.25, -0.2) is 9.37 Å². The number of carbonyl (C=O) groups is 2. The van der Waals surface area contributed by atoms with E-state index < -0.39 is 24.6 Å². The van der Waals surface area contributed by atoms with Gasteiger partial charge in [0.15, 0.2) is 0 Å². The first kappa shape index (κ1) is 35.6. The third-order valence-corrected chi connectivity index (χ3v) is 8.29. The molecule has 0 bridgehead atoms. The predicted molar refractivity (Wildman–Crippen MR) is 170 cm³/mol. The molecule has 11 heteroatoms. The van der Waals surface area contributed by atoms with Crippen molar-refractivity contribution in [3.05, 3.63) is 89.5 Å². The number of hydrogen-bond acceptors (Lipinski definition) is 5. The predicted octanol–water partition coefficient (Wildman–Crippen LogP) is 2.64. The van der Waals surface area contributed by atoms with Crippen LogP contribution < -0.4 is 34.9 Å². The van der Waals surface area contributed by atoms with Gasteiger partial charge in [-0.2, -0.15) is 0 Å². The zero-order valence-electron chi connectivity index (χ0n) is 27.7. The van der Waals surface area contributed by atoms with Gasteiger partial charge < -0.3 is 31.2 Å². The third-order valence-electron chi connectivity index (χ3n) is 8.29. The van der Waals surface area contributed by atoms with Gasteiger partial charge in [-0.1, -0.05) is 42.5 Å². The fourth-order valence-corrected chi connectivity index (χ4v) is 6.32. The molecule has 0 saturated carbocycles. The number of carbonyl (C=O) groups excluding carboxylic acids is 1. The summed E-state index contributed by atoms with van der Waals surface area (Å²) >= 11 is 0. The molecule has 1 aliphatic rings. The Hall–Kier alpha value is -3.28. The number of rotatable bonds is 13. The molecule has 1 aliphatic heterocycles. The number of fused-ring (bicyclic) bond motifs is 1. The van der Waals surface area contributed by atoms with Crippen LogP contribution in [0.25, 0.3) is 22.3 Å². The second-order valence-corrected chi connectivity index (χ2v) is 12.0. The van der Waals surface area contributed by atoms with Crippen LogP contribution in [0.2, 0.25) is 0 Å². The average Bonchev–Trinajstić information content (AvgIpc) is 3.58. The molecule has 2 aromatic heterocycles. The van der Waals surface area contributed by atoms with E-state index in [0.29, 0.717) is 17.7 Å². The molecule has 3 heterocycles. The van der Waals surface area contributed by atoms with E-state index in [2.05, 4.69) is 9.88 Å². The molecule has 0 spiro atoms. The Morgan fingerprint density at radius 3 is 2.35 bits per heavy atom. The van der Waals surface area contributed by atoms with E-state index in [9.17, 15) is 24.2 Å². The van der Waals surface area contributed by atoms with Gasteiger partial charge in [-0.3, -0.25) is 9.59 Å². The van der Waals surface area contributed by atoms with Gasteiger partial charge in [0.1, 0.15) is 17.3 Å². The molecule has 9 nitrogen and oxygen atoms in total. The maximum absolute atomic E-state index is 14.3. The molecular weight excluding hydrogens is 598 g/mol. The first-order valence-electron chi connectivity index (χ1n) is 15.6. The Balaban J connectivity index is 0.00000300. The summed E-state index contributed by atoms with van der Waals surface area (Å²) in [5.74, 6) is -0.760. The average molecular weight is 641 g/mol. The van der Waals surface area contributed by atoms with E-state index in [1.165, 1.54) is 12.1 Å². The molecule has 1 amide bonds. The molecule has 4 N–H and O–H groups in total. The van der Waals surface area contributed by atoms with Crippen LogP contribution in [0.5, 0.6) is 0 Å². The number of benzene rings is 2. The molecule has 0 saturated heterocycles. The number of hydrogen-bond donors (Lipinski definition) is 4. The van der Waals surface area contributed by atoms with Gasteiger partial charge in [0.2, 0.25) is 0 Å². The van der Waals surface area contributed by atoms with E-state index in [0.717, 1.165) is 59.7 Å². The number of nitrogens with one attached hydrogen (secondary N) is 1. The number of aliphatic hydroxyl groups is 2. The number of aromatic nitrogens is 3. The third kappa shape index (κ3) is 8.35. The number of amides is 1. The van der Waals surface area contributed by atoms with Crippen molar-refractivity contribution in [2.75, 3.05) is 0 Å². The number of carboxylic acid groups (broad SMARTS) is 1. The molecular formula is C35H42FN4NaO5. The van der Waals surface area contributed by atoms with Crippen LogP contribution in [0.1, 0.15) is 81.1 Å². The van der Waals surface area contributed by atoms with E-state index >= 15 is 0 Å². The van der Waals surface area contributed by atoms with Crippen LogP contribution in [0.4, 0.5) is 4.39 Å². The first-order valence-corrected chi connectivity index (χ1v) is 15.6. The van der Waals surface area contributed by atoms with Gasteiger partial charge in [0.05, 0.1) is 30.9 Å². The Labute approximate surface area is 292 Å². The summed E-state index contributed by atoms with van der Waals surface area (Å²) in [6, 6.07) is 15.6. The standard InChI is InChI=1S/C35H41FN4O5.Na.H/c1-22(2)40-29(16-15-27(41)18-28(42)19-31(43)44)32(24-11-13-25(36)14-12-24)33(23-8-4-3-5-9-23)34(40)35(45)37-20-26-21-39-17-7-6-10-30(39)38-26;;/h3-5,8-9,11-14,21-22,27-28,41-42H,6-7,10,15-20H2,1-2H3,(H,37,45)(H,43,44);;/q;+1;-1/t27-,28-;;/m1../s1. The second kappa shape index (κ2) is 16.0. The van der Waals surface area contributed by atoms with Crippen LogP contribution in [0.15, 0.2) is 60.8 Å². The molecule has 2 aromatic carbocycles. The summed E-state index contributed by atoms with van der Waals surface area (Å²) in [5, 5.41) is 33.1. The number of aryl methyl sites for hydroxylation is 2. The first-order chi connectivity index (χ1) is 21.6. The van der Waals surface area contributed by atoms with Crippen molar-refractivity contribution in [2.24, 2.45) is 0 Å². The zero-order chi connectivity index (χ0) is 32.1. The quantitative estimate of drug-likeness (QED) is 0.166. The molecule has 5 rings (SSSR count). The van der Waals surface area contributed by atoms with Gasteiger partial charge >= 0.3 is 35.5 Å². The van der Waals surface area contributed by atoms with E-state index in [1.54, 1.807) is 12.1 Å². The number of nitrogens with zero attached hydrogens (tertiary/aromatic N) is 3. The SMILES string of the molecule is CC(C)n1c(CC[C@@H](O)C[C@@H](O)CC(=O)O)c(-c2ccc(F)cc2)c(-c2ccccc2)c1C(=O)NCc1cn2c(n1)CCCC2.[H-].[Na+]. The van der Waals surface area contributed by atoms with Gasteiger partial charge in [-0.05, 0) is 69.2 Å². The minimum atomic E-state index is -1.18. The van der Waals surface area contributed by atoms with Crippen LogP contribution in [-0.4, -0.2) is 53.5 Å². The summed E-state index contributed by atoms with van der Waals surface area (Å²) in [4.78, 5) is 30.0. The summed E-state index contributed by atoms with van der Waals surface area (Å²) in [6.45, 7) is 5.16. The second-order valence-electron chi connectivity index (χ2n) is 12.0. The molecule has 0 fully saturated rings. The van der Waals surface area contributed by atoms with Gasteiger partial charge in [0.25, 0.3) is 5.91 Å². The van der Waals surface area contributed by atoms with Gasteiger partial charge in [-0.15, -0.1) is 0 Å². The van der Waals surface area contributed by atoms with Crippen molar-refractivity contribution in [3.8, 4) is 22.3 Å². The maximum atomic E-state index is 14.3. The Morgan fingerprint density at radius 1 is 1.00 bits per heavy atom. The number of carboxylic acids is 1. The summed E-state index contributed by atoms with van der Waals surface area (Å²) in [6.07, 6.45) is 2.99. The van der Waals surface area contributed by atoms with Crippen molar-refractivity contribution in [1.29, 1.82) is 0 Å². The smallest absolute Gasteiger partial charge is 1.00 e.